The molecule has 0 aliphatic carbocycles. The van der Waals surface area contributed by atoms with E-state index in [1.54, 1.807) is 0 Å². The maximum atomic E-state index is 12.2. The SMILES string of the molecule is CCC(CCN)CCC(=O)NC1CCSc2ccccc21. The van der Waals surface area contributed by atoms with Crippen molar-refractivity contribution < 1.29 is 4.79 Å². The van der Waals surface area contributed by atoms with Gasteiger partial charge in [0.2, 0.25) is 5.91 Å². The predicted octanol–water partition coefficient (Wildman–Crippen LogP) is 3.49. The summed E-state index contributed by atoms with van der Waals surface area (Å²) >= 11 is 1.88. The third-order valence-electron chi connectivity index (χ3n) is 4.23. The van der Waals surface area contributed by atoms with Gasteiger partial charge in [-0.15, -0.1) is 11.8 Å². The number of thioether (sulfide) groups is 1. The highest BCUT2D eigenvalue weighted by Gasteiger charge is 2.21. The monoisotopic (exact) mass is 306 g/mol. The minimum atomic E-state index is 0.178. The molecule has 2 rings (SSSR count). The van der Waals surface area contributed by atoms with Gasteiger partial charge in [0.25, 0.3) is 0 Å². The maximum absolute atomic E-state index is 12.2. The summed E-state index contributed by atoms with van der Waals surface area (Å²) in [4.78, 5) is 13.5. The number of nitrogens with one attached hydrogen (secondary N) is 1. The first-order valence-electron chi connectivity index (χ1n) is 7.95. The van der Waals surface area contributed by atoms with Gasteiger partial charge in [-0.25, -0.2) is 0 Å². The van der Waals surface area contributed by atoms with Gasteiger partial charge in [0, 0.05) is 17.1 Å². The van der Waals surface area contributed by atoms with Crippen molar-refractivity contribution in [1.82, 2.24) is 5.32 Å². The summed E-state index contributed by atoms with van der Waals surface area (Å²) < 4.78 is 0. The summed E-state index contributed by atoms with van der Waals surface area (Å²) in [6.07, 6.45) is 4.71. The first-order chi connectivity index (χ1) is 10.2. The second-order valence-corrected chi connectivity index (χ2v) is 6.82. The summed E-state index contributed by atoms with van der Waals surface area (Å²) in [5.41, 5.74) is 6.89. The van der Waals surface area contributed by atoms with Crippen LogP contribution in [0.2, 0.25) is 0 Å². The first kappa shape index (κ1) is 16.4. The predicted molar refractivity (Wildman–Crippen MR) is 89.4 cm³/mol. The minimum absolute atomic E-state index is 0.178. The molecule has 3 nitrogen and oxygen atoms in total. The number of hydrogen-bond donors (Lipinski definition) is 2. The van der Waals surface area contributed by atoms with Crippen molar-refractivity contribution >= 4 is 17.7 Å². The summed E-state index contributed by atoms with van der Waals surface area (Å²) in [5, 5.41) is 3.21. The fourth-order valence-corrected chi connectivity index (χ4v) is 4.01. The minimum Gasteiger partial charge on any atom is -0.349 e. The van der Waals surface area contributed by atoms with Gasteiger partial charge < -0.3 is 11.1 Å². The normalized spacial score (nSPS) is 18.9. The number of carbonyl (C=O) groups is 1. The maximum Gasteiger partial charge on any atom is 0.220 e. The molecular formula is C17H26N2OS. The van der Waals surface area contributed by atoms with Crippen LogP contribution in [-0.2, 0) is 4.79 Å². The van der Waals surface area contributed by atoms with Crippen LogP contribution in [0.1, 0.15) is 50.6 Å². The lowest BCUT2D eigenvalue weighted by Crippen LogP contribution is -2.30. The van der Waals surface area contributed by atoms with Gasteiger partial charge >= 0.3 is 0 Å². The van der Waals surface area contributed by atoms with Crippen LogP contribution in [0.25, 0.3) is 0 Å². The summed E-state index contributed by atoms with van der Waals surface area (Å²) in [7, 11) is 0. The quantitative estimate of drug-likeness (QED) is 0.810. The van der Waals surface area contributed by atoms with E-state index in [1.165, 1.54) is 10.5 Å². The molecule has 0 saturated heterocycles. The standard InChI is InChI=1S/C17H26N2OS/c1-2-13(9-11-18)7-8-17(20)19-15-10-12-21-16-6-4-3-5-14(15)16/h3-6,13,15H,2,7-12,18H2,1H3,(H,19,20). The number of fused-ring (bicyclic) bond motifs is 1. The van der Waals surface area contributed by atoms with Gasteiger partial charge in [0.05, 0.1) is 6.04 Å². The van der Waals surface area contributed by atoms with Crippen LogP contribution in [0.5, 0.6) is 0 Å². The van der Waals surface area contributed by atoms with Gasteiger partial charge in [-0.1, -0.05) is 31.5 Å². The number of carbonyl (C=O) groups excluding carboxylic acids is 1. The second kappa shape index (κ2) is 8.44. The Morgan fingerprint density at radius 3 is 3.00 bits per heavy atom. The van der Waals surface area contributed by atoms with Gasteiger partial charge in [0.1, 0.15) is 0 Å². The number of amides is 1. The second-order valence-electron chi connectivity index (χ2n) is 5.69. The molecule has 2 unspecified atom stereocenters. The highest BCUT2D eigenvalue weighted by atomic mass is 32.2. The zero-order valence-electron chi connectivity index (χ0n) is 12.8. The molecule has 0 radical (unpaired) electrons. The molecule has 116 valence electrons. The molecule has 2 atom stereocenters. The molecule has 1 aliphatic heterocycles. The van der Waals surface area contributed by atoms with Crippen molar-refractivity contribution in [2.24, 2.45) is 11.7 Å². The van der Waals surface area contributed by atoms with Crippen LogP contribution in [0.3, 0.4) is 0 Å². The van der Waals surface area contributed by atoms with E-state index in [-0.39, 0.29) is 11.9 Å². The van der Waals surface area contributed by atoms with Gasteiger partial charge in [-0.3, -0.25) is 4.79 Å². The van der Waals surface area contributed by atoms with Crippen molar-refractivity contribution in [1.29, 1.82) is 0 Å². The van der Waals surface area contributed by atoms with Crippen molar-refractivity contribution in [3.8, 4) is 0 Å². The third kappa shape index (κ3) is 4.75. The van der Waals surface area contributed by atoms with Gasteiger partial charge in [0.15, 0.2) is 0 Å². The highest BCUT2D eigenvalue weighted by molar-refractivity contribution is 7.99. The van der Waals surface area contributed by atoms with E-state index < -0.39 is 0 Å². The zero-order valence-corrected chi connectivity index (χ0v) is 13.6. The van der Waals surface area contributed by atoms with Crippen LogP contribution >= 0.6 is 11.8 Å². The molecule has 0 spiro atoms. The lowest BCUT2D eigenvalue weighted by molar-refractivity contribution is -0.122. The Labute approximate surface area is 132 Å². The molecule has 1 aromatic rings. The summed E-state index contributed by atoms with van der Waals surface area (Å²) in [6, 6.07) is 8.58. The van der Waals surface area contributed by atoms with Crippen LogP contribution < -0.4 is 11.1 Å². The van der Waals surface area contributed by atoms with E-state index in [0.717, 1.165) is 31.4 Å². The molecule has 21 heavy (non-hydrogen) atoms. The third-order valence-corrected chi connectivity index (χ3v) is 5.35. The highest BCUT2D eigenvalue weighted by Crippen LogP contribution is 2.35. The number of rotatable bonds is 7. The molecule has 1 amide bonds. The van der Waals surface area contributed by atoms with E-state index in [4.69, 9.17) is 5.73 Å². The summed E-state index contributed by atoms with van der Waals surface area (Å²) in [6.45, 7) is 2.89. The Kier molecular flexibility index (Phi) is 6.58. The van der Waals surface area contributed by atoms with Crippen molar-refractivity contribution in [3.63, 3.8) is 0 Å². The Morgan fingerprint density at radius 1 is 1.43 bits per heavy atom. The fraction of sp³-hybridized carbons (Fsp3) is 0.588. The van der Waals surface area contributed by atoms with Crippen LogP contribution in [-0.4, -0.2) is 18.2 Å². The van der Waals surface area contributed by atoms with E-state index in [9.17, 15) is 4.79 Å². The number of nitrogens with two attached hydrogens (primary N) is 1. The Morgan fingerprint density at radius 2 is 2.24 bits per heavy atom. The average Bonchev–Trinajstić information content (AvgIpc) is 2.52. The largest absolute Gasteiger partial charge is 0.349 e. The lowest BCUT2D eigenvalue weighted by atomic mass is 9.96. The van der Waals surface area contributed by atoms with Crippen molar-refractivity contribution in [3.05, 3.63) is 29.8 Å². The Balaban J connectivity index is 1.86. The lowest BCUT2D eigenvalue weighted by Gasteiger charge is -2.26. The smallest absolute Gasteiger partial charge is 0.220 e. The topological polar surface area (TPSA) is 55.1 Å². The van der Waals surface area contributed by atoms with E-state index in [2.05, 4.69) is 36.5 Å². The molecule has 1 aromatic carbocycles. The Hall–Kier alpha value is -1.00. The van der Waals surface area contributed by atoms with E-state index >= 15 is 0 Å². The van der Waals surface area contributed by atoms with Crippen molar-refractivity contribution in [2.45, 2.75) is 50.0 Å². The molecule has 0 aromatic heterocycles. The number of benzene rings is 1. The van der Waals surface area contributed by atoms with Gasteiger partial charge in [-0.05, 0) is 43.4 Å². The molecule has 3 N–H and O–H groups in total. The van der Waals surface area contributed by atoms with Crippen molar-refractivity contribution in [2.75, 3.05) is 12.3 Å². The molecule has 0 saturated carbocycles. The molecule has 1 aliphatic rings. The van der Waals surface area contributed by atoms with Gasteiger partial charge in [-0.2, -0.15) is 0 Å². The fourth-order valence-electron chi connectivity index (χ4n) is 2.88. The zero-order chi connectivity index (χ0) is 15.1. The Bertz CT molecular complexity index is 464. The van der Waals surface area contributed by atoms with Crippen LogP contribution in [0.4, 0.5) is 0 Å². The molecule has 0 bridgehead atoms. The average molecular weight is 306 g/mol. The van der Waals surface area contributed by atoms with Crippen LogP contribution in [0, 0.1) is 5.92 Å². The number of hydrogen-bond acceptors (Lipinski definition) is 3. The first-order valence-corrected chi connectivity index (χ1v) is 8.94. The summed E-state index contributed by atoms with van der Waals surface area (Å²) in [5.74, 6) is 1.83. The molecule has 4 heteroatoms. The van der Waals surface area contributed by atoms with E-state index in [1.807, 2.05) is 11.8 Å². The molecular weight excluding hydrogens is 280 g/mol. The van der Waals surface area contributed by atoms with Crippen LogP contribution in [0.15, 0.2) is 29.2 Å². The molecule has 0 fully saturated rings. The molecule has 1 heterocycles. The van der Waals surface area contributed by atoms with E-state index in [0.29, 0.717) is 18.9 Å².